The molecule has 0 unspecified atom stereocenters. The van der Waals surface area contributed by atoms with Crippen LogP contribution in [-0.2, 0) is 6.54 Å². The van der Waals surface area contributed by atoms with E-state index in [0.717, 1.165) is 30.7 Å². The Kier molecular flexibility index (Phi) is 3.94. The molecular weight excluding hydrogens is 210 g/mol. The van der Waals surface area contributed by atoms with E-state index < -0.39 is 0 Å². The summed E-state index contributed by atoms with van der Waals surface area (Å²) in [5.74, 6) is 0. The van der Waals surface area contributed by atoms with Gasteiger partial charge in [0.2, 0.25) is 0 Å². The molecule has 0 fully saturated rings. The molecule has 0 radical (unpaired) electrons. The summed E-state index contributed by atoms with van der Waals surface area (Å²) in [6.07, 6.45) is 1.12. The molecular formula is C14H19N3. The molecule has 3 heteroatoms. The number of aromatic nitrogens is 1. The molecule has 0 amide bonds. The lowest BCUT2D eigenvalue weighted by Crippen LogP contribution is -2.08. The minimum atomic E-state index is 0.797. The molecule has 1 heterocycles. The van der Waals surface area contributed by atoms with Crippen molar-refractivity contribution >= 4 is 16.6 Å². The fourth-order valence-corrected chi connectivity index (χ4v) is 1.91. The first-order valence-corrected chi connectivity index (χ1v) is 6.12. The van der Waals surface area contributed by atoms with Crippen LogP contribution in [0.3, 0.4) is 0 Å². The number of fused-ring (bicyclic) bond motifs is 1. The summed E-state index contributed by atoms with van der Waals surface area (Å²) in [5, 5.41) is 7.81. The summed E-state index contributed by atoms with van der Waals surface area (Å²) < 4.78 is 0. The van der Waals surface area contributed by atoms with Crippen LogP contribution in [0.5, 0.6) is 0 Å². The highest BCUT2D eigenvalue weighted by Crippen LogP contribution is 2.23. The molecule has 1 aromatic heterocycles. The van der Waals surface area contributed by atoms with Gasteiger partial charge in [-0.2, -0.15) is 0 Å². The maximum Gasteiger partial charge on any atom is 0.0726 e. The molecule has 0 saturated heterocycles. The second kappa shape index (κ2) is 5.64. The molecule has 0 aliphatic rings. The fraction of sp³-hybridized carbons (Fsp3) is 0.357. The second-order valence-electron chi connectivity index (χ2n) is 4.14. The summed E-state index contributed by atoms with van der Waals surface area (Å²) in [6, 6.07) is 10.4. The zero-order valence-electron chi connectivity index (χ0n) is 10.5. The van der Waals surface area contributed by atoms with Gasteiger partial charge in [0, 0.05) is 24.2 Å². The van der Waals surface area contributed by atoms with Crippen molar-refractivity contribution in [3.63, 3.8) is 0 Å². The summed E-state index contributed by atoms with van der Waals surface area (Å²) in [4.78, 5) is 4.63. The normalized spacial score (nSPS) is 10.7. The van der Waals surface area contributed by atoms with Gasteiger partial charge in [-0.15, -0.1) is 0 Å². The van der Waals surface area contributed by atoms with Crippen molar-refractivity contribution in [3.05, 3.63) is 36.0 Å². The highest BCUT2D eigenvalue weighted by atomic mass is 14.9. The van der Waals surface area contributed by atoms with Crippen molar-refractivity contribution in [2.45, 2.75) is 19.9 Å². The van der Waals surface area contributed by atoms with Crippen molar-refractivity contribution < 1.29 is 0 Å². The number of nitrogens with one attached hydrogen (secondary N) is 2. The Hall–Kier alpha value is -1.61. The van der Waals surface area contributed by atoms with E-state index in [2.05, 4.69) is 46.8 Å². The van der Waals surface area contributed by atoms with Crippen LogP contribution in [0.25, 0.3) is 10.9 Å². The molecule has 2 aromatic rings. The van der Waals surface area contributed by atoms with E-state index in [1.165, 1.54) is 11.1 Å². The Morgan fingerprint density at radius 1 is 1.24 bits per heavy atom. The monoisotopic (exact) mass is 229 g/mol. The largest absolute Gasteiger partial charge is 0.384 e. The van der Waals surface area contributed by atoms with Crippen LogP contribution < -0.4 is 10.6 Å². The molecule has 0 bridgehead atoms. The predicted molar refractivity (Wildman–Crippen MR) is 73.3 cm³/mol. The summed E-state index contributed by atoms with van der Waals surface area (Å²) in [7, 11) is 1.94. The highest BCUT2D eigenvalue weighted by molar-refractivity contribution is 5.91. The van der Waals surface area contributed by atoms with E-state index in [4.69, 9.17) is 0 Å². The Morgan fingerprint density at radius 3 is 2.82 bits per heavy atom. The molecule has 2 rings (SSSR count). The van der Waals surface area contributed by atoms with Crippen LogP contribution in [-0.4, -0.2) is 18.6 Å². The van der Waals surface area contributed by atoms with Gasteiger partial charge in [-0.1, -0.05) is 25.1 Å². The van der Waals surface area contributed by atoms with Crippen molar-refractivity contribution in [1.82, 2.24) is 10.3 Å². The minimum absolute atomic E-state index is 0.797. The topological polar surface area (TPSA) is 37.0 Å². The van der Waals surface area contributed by atoms with Gasteiger partial charge in [0.1, 0.15) is 0 Å². The molecule has 1 aromatic carbocycles. The molecule has 0 saturated carbocycles. The van der Waals surface area contributed by atoms with E-state index in [1.54, 1.807) is 0 Å². The number of hydrogen-bond donors (Lipinski definition) is 2. The van der Waals surface area contributed by atoms with Gasteiger partial charge >= 0.3 is 0 Å². The van der Waals surface area contributed by atoms with Crippen molar-refractivity contribution in [3.8, 4) is 0 Å². The third kappa shape index (κ3) is 2.74. The number of hydrogen-bond acceptors (Lipinski definition) is 3. The first kappa shape index (κ1) is 11.9. The maximum atomic E-state index is 4.63. The van der Waals surface area contributed by atoms with Gasteiger partial charge in [-0.3, -0.25) is 4.98 Å². The van der Waals surface area contributed by atoms with Crippen LogP contribution in [0.15, 0.2) is 30.3 Å². The van der Waals surface area contributed by atoms with E-state index in [9.17, 15) is 0 Å². The lowest BCUT2D eigenvalue weighted by atomic mass is 10.1. The molecule has 0 aliphatic heterocycles. The van der Waals surface area contributed by atoms with Crippen LogP contribution in [0.2, 0.25) is 0 Å². The van der Waals surface area contributed by atoms with Crippen LogP contribution in [0.4, 0.5) is 5.69 Å². The van der Waals surface area contributed by atoms with E-state index >= 15 is 0 Å². The van der Waals surface area contributed by atoms with Gasteiger partial charge < -0.3 is 10.6 Å². The van der Waals surface area contributed by atoms with Gasteiger partial charge in [0.15, 0.2) is 0 Å². The highest BCUT2D eigenvalue weighted by Gasteiger charge is 2.04. The maximum absolute atomic E-state index is 4.63. The van der Waals surface area contributed by atoms with E-state index in [1.807, 2.05) is 13.1 Å². The number of benzene rings is 1. The Bertz CT molecular complexity index is 494. The fourth-order valence-electron chi connectivity index (χ4n) is 1.91. The quantitative estimate of drug-likeness (QED) is 0.827. The molecule has 0 atom stereocenters. The van der Waals surface area contributed by atoms with Gasteiger partial charge in [0.05, 0.1) is 11.2 Å². The summed E-state index contributed by atoms with van der Waals surface area (Å²) in [5.41, 5.74) is 3.31. The zero-order chi connectivity index (χ0) is 12.1. The van der Waals surface area contributed by atoms with Gasteiger partial charge in [0.25, 0.3) is 0 Å². The molecule has 17 heavy (non-hydrogen) atoms. The third-order valence-corrected chi connectivity index (χ3v) is 2.69. The van der Waals surface area contributed by atoms with Crippen LogP contribution >= 0.6 is 0 Å². The van der Waals surface area contributed by atoms with Crippen LogP contribution in [0.1, 0.15) is 19.0 Å². The second-order valence-corrected chi connectivity index (χ2v) is 4.14. The Balaban J connectivity index is 2.45. The van der Waals surface area contributed by atoms with Crippen molar-refractivity contribution in [2.75, 3.05) is 18.9 Å². The summed E-state index contributed by atoms with van der Waals surface area (Å²) in [6.45, 7) is 3.96. The molecule has 90 valence electrons. The van der Waals surface area contributed by atoms with Gasteiger partial charge in [-0.25, -0.2) is 0 Å². The first-order valence-electron chi connectivity index (χ1n) is 6.12. The van der Waals surface area contributed by atoms with E-state index in [-0.39, 0.29) is 0 Å². The lowest BCUT2D eigenvalue weighted by Gasteiger charge is -2.11. The average Bonchev–Trinajstić information content (AvgIpc) is 2.36. The SMILES string of the molecule is CCCNc1cc(CNC)nc2ccccc12. The number of nitrogens with zero attached hydrogens (tertiary/aromatic N) is 1. The van der Waals surface area contributed by atoms with Crippen molar-refractivity contribution in [2.24, 2.45) is 0 Å². The minimum Gasteiger partial charge on any atom is -0.384 e. The number of para-hydroxylation sites is 1. The third-order valence-electron chi connectivity index (χ3n) is 2.69. The standard InChI is InChI=1S/C14H19N3/c1-3-8-16-14-9-11(10-15-2)17-13-7-5-4-6-12(13)14/h4-7,9,15H,3,8,10H2,1-2H3,(H,16,17). The number of pyridine rings is 1. The molecule has 2 N–H and O–H groups in total. The zero-order valence-corrected chi connectivity index (χ0v) is 10.5. The Labute approximate surface area is 102 Å². The van der Waals surface area contributed by atoms with Crippen LogP contribution in [0, 0.1) is 0 Å². The van der Waals surface area contributed by atoms with Gasteiger partial charge in [-0.05, 0) is 25.6 Å². The number of anilines is 1. The number of rotatable bonds is 5. The smallest absolute Gasteiger partial charge is 0.0726 e. The molecule has 3 nitrogen and oxygen atoms in total. The van der Waals surface area contributed by atoms with Crippen molar-refractivity contribution in [1.29, 1.82) is 0 Å². The first-order chi connectivity index (χ1) is 8.35. The Morgan fingerprint density at radius 2 is 2.06 bits per heavy atom. The van der Waals surface area contributed by atoms with E-state index in [0.29, 0.717) is 0 Å². The molecule has 0 aliphatic carbocycles. The summed E-state index contributed by atoms with van der Waals surface area (Å²) >= 11 is 0. The predicted octanol–water partition coefficient (Wildman–Crippen LogP) is 2.78. The lowest BCUT2D eigenvalue weighted by molar-refractivity contribution is 0.795. The average molecular weight is 229 g/mol. The molecule has 0 spiro atoms.